The zero-order valence-electron chi connectivity index (χ0n) is 18.3. The number of amides is 1. The number of nitrogens with two attached hydrogens (primary N) is 1. The first kappa shape index (κ1) is 21.1. The van der Waals surface area contributed by atoms with Gasteiger partial charge in [0.2, 0.25) is 0 Å². The van der Waals surface area contributed by atoms with Crippen molar-refractivity contribution in [1.82, 2.24) is 19.1 Å². The van der Waals surface area contributed by atoms with Gasteiger partial charge in [0.25, 0.3) is 5.91 Å². The van der Waals surface area contributed by atoms with Gasteiger partial charge < -0.3 is 25.1 Å². The van der Waals surface area contributed by atoms with Crippen LogP contribution in [0.15, 0.2) is 30.7 Å². The van der Waals surface area contributed by atoms with Crippen LogP contribution in [0, 0.1) is 17.7 Å². The van der Waals surface area contributed by atoms with Gasteiger partial charge in [-0.25, -0.2) is 14.4 Å². The van der Waals surface area contributed by atoms with Crippen LogP contribution in [-0.4, -0.2) is 40.8 Å². The Labute approximate surface area is 189 Å². The third kappa shape index (κ3) is 3.35. The zero-order chi connectivity index (χ0) is 23.7. The van der Waals surface area contributed by atoms with E-state index in [4.69, 9.17) is 5.73 Å². The molecular weight excluding hydrogens is 425 g/mol. The maximum atomic E-state index is 14.9. The Bertz CT molecular complexity index is 1410. The van der Waals surface area contributed by atoms with Gasteiger partial charge in [-0.05, 0) is 43.5 Å². The number of imidazole rings is 2. The molecule has 1 amide bonds. The molecular formula is C24H22FN5O3. The lowest BCUT2D eigenvalue weighted by molar-refractivity contribution is 0.0989. The molecule has 1 aromatic carbocycles. The molecule has 2 aliphatic heterocycles. The summed E-state index contributed by atoms with van der Waals surface area (Å²) in [5.74, 6) is 4.43. The number of aliphatic hydroxyl groups excluding tert-OH is 1. The molecule has 0 spiro atoms. The lowest BCUT2D eigenvalue weighted by atomic mass is 9.86. The largest absolute Gasteiger partial charge is 0.380 e. The Kier molecular flexibility index (Phi) is 4.57. The van der Waals surface area contributed by atoms with Gasteiger partial charge in [0.1, 0.15) is 23.3 Å². The molecule has 0 saturated heterocycles. The van der Waals surface area contributed by atoms with Crippen molar-refractivity contribution >= 4 is 11.5 Å². The number of hydrogen-bond donors (Lipinski definition) is 3. The maximum absolute atomic E-state index is 14.9. The summed E-state index contributed by atoms with van der Waals surface area (Å²) in [5.41, 5.74) is 7.32. The average Bonchev–Trinajstić information content (AvgIpc) is 3.24. The highest BCUT2D eigenvalue weighted by Gasteiger charge is 2.38. The first-order chi connectivity index (χ1) is 15.5. The fourth-order valence-corrected chi connectivity index (χ4v) is 4.31. The van der Waals surface area contributed by atoms with Crippen molar-refractivity contribution in [3.05, 3.63) is 64.8 Å². The lowest BCUT2D eigenvalue weighted by Gasteiger charge is -2.27. The van der Waals surface area contributed by atoms with Gasteiger partial charge >= 0.3 is 0 Å². The third-order valence-electron chi connectivity index (χ3n) is 5.93. The molecule has 2 aromatic heterocycles. The second kappa shape index (κ2) is 7.13. The molecule has 33 heavy (non-hydrogen) atoms. The van der Waals surface area contributed by atoms with E-state index in [-0.39, 0.29) is 23.0 Å². The number of halogens is 1. The van der Waals surface area contributed by atoms with E-state index in [2.05, 4.69) is 21.8 Å². The molecule has 3 aliphatic rings. The number of carbonyl (C=O) groups excluding carboxylic acids is 1. The zero-order valence-corrected chi connectivity index (χ0v) is 18.3. The van der Waals surface area contributed by atoms with Crippen LogP contribution in [0.1, 0.15) is 65.4 Å². The van der Waals surface area contributed by atoms with Crippen LogP contribution < -0.4 is 5.73 Å². The number of aliphatic hydroxyl groups is 2. The van der Waals surface area contributed by atoms with Gasteiger partial charge in [-0.1, -0.05) is 17.9 Å². The van der Waals surface area contributed by atoms with E-state index in [1.54, 1.807) is 28.6 Å². The molecule has 4 N–H and O–H groups in total. The normalized spacial score (nSPS) is 17.0. The monoisotopic (exact) mass is 447 g/mol. The fourth-order valence-electron chi connectivity index (χ4n) is 4.31. The molecule has 2 bridgehead atoms. The molecule has 0 saturated carbocycles. The molecule has 168 valence electrons. The summed E-state index contributed by atoms with van der Waals surface area (Å²) in [6.07, 6.45) is 4.42. The topological polar surface area (TPSA) is 119 Å². The summed E-state index contributed by atoms with van der Waals surface area (Å²) in [5, 5.41) is 21.1. The number of primary amides is 1. The molecule has 6 rings (SSSR count). The third-order valence-corrected chi connectivity index (χ3v) is 5.93. The Morgan fingerprint density at radius 3 is 2.70 bits per heavy atom. The molecule has 1 aliphatic carbocycles. The summed E-state index contributed by atoms with van der Waals surface area (Å²) in [6, 6.07) is 2.79. The van der Waals surface area contributed by atoms with Crippen LogP contribution in [-0.2, 0) is 7.05 Å². The summed E-state index contributed by atoms with van der Waals surface area (Å²) >= 11 is 0. The van der Waals surface area contributed by atoms with E-state index in [0.29, 0.717) is 29.1 Å². The summed E-state index contributed by atoms with van der Waals surface area (Å²) in [4.78, 5) is 20.9. The van der Waals surface area contributed by atoms with Gasteiger partial charge in [0, 0.05) is 12.6 Å². The van der Waals surface area contributed by atoms with E-state index in [1.165, 1.54) is 26.1 Å². The number of carbonyl (C=O) groups is 1. The van der Waals surface area contributed by atoms with Crippen molar-refractivity contribution in [2.75, 3.05) is 0 Å². The molecule has 0 fully saturated rings. The fraction of sp³-hybridized carbons (Fsp3) is 0.292. The Morgan fingerprint density at radius 1 is 1.36 bits per heavy atom. The molecule has 0 radical (unpaired) electrons. The van der Waals surface area contributed by atoms with Crippen LogP contribution in [0.5, 0.6) is 0 Å². The molecule has 2 unspecified atom stereocenters. The number of hydrogen-bond acceptors (Lipinski definition) is 5. The number of allylic oxidation sites excluding steroid dienone is 2. The van der Waals surface area contributed by atoms with Gasteiger partial charge in [-0.3, -0.25) is 4.79 Å². The Balaban J connectivity index is 1.76. The minimum absolute atomic E-state index is 0.0538. The second-order valence-corrected chi connectivity index (χ2v) is 8.89. The quantitative estimate of drug-likeness (QED) is 0.531. The number of benzene rings is 1. The van der Waals surface area contributed by atoms with Crippen molar-refractivity contribution in [3.8, 4) is 23.2 Å². The number of aryl methyl sites for hydroxylation is 1. The van der Waals surface area contributed by atoms with Crippen molar-refractivity contribution in [3.63, 3.8) is 0 Å². The van der Waals surface area contributed by atoms with Crippen molar-refractivity contribution in [2.24, 2.45) is 12.8 Å². The lowest BCUT2D eigenvalue weighted by Crippen LogP contribution is -2.22. The minimum atomic E-state index is -1.29. The first-order valence-corrected chi connectivity index (χ1v) is 10.4. The summed E-state index contributed by atoms with van der Waals surface area (Å²) in [7, 11) is 1.74. The highest BCUT2D eigenvalue weighted by Crippen LogP contribution is 2.49. The number of rotatable bonds is 3. The van der Waals surface area contributed by atoms with Gasteiger partial charge in [-0.15, -0.1) is 0 Å². The van der Waals surface area contributed by atoms with Crippen LogP contribution in [0.2, 0.25) is 0 Å². The van der Waals surface area contributed by atoms with Crippen LogP contribution in [0.25, 0.3) is 17.0 Å². The highest BCUT2D eigenvalue weighted by molar-refractivity contribution is 5.94. The molecule has 2 atom stereocenters. The Morgan fingerprint density at radius 2 is 2.09 bits per heavy atom. The summed E-state index contributed by atoms with van der Waals surface area (Å²) in [6.45, 7) is 3.03. The smallest absolute Gasteiger partial charge is 0.269 e. The maximum Gasteiger partial charge on any atom is 0.269 e. The molecule has 9 heteroatoms. The second-order valence-electron chi connectivity index (χ2n) is 8.89. The molecule has 3 aromatic rings. The number of aromatic nitrogens is 4. The minimum Gasteiger partial charge on any atom is -0.380 e. The SMILES string of the molecule is Cn1cncc1C(O)c1c(C(N)=O)nc2n1C1C=C(C1)c1cc(F)c(C#CC(C)(C)O)cc1-2. The van der Waals surface area contributed by atoms with E-state index in [0.717, 1.165) is 5.57 Å². The van der Waals surface area contributed by atoms with Gasteiger partial charge in [-0.2, -0.15) is 0 Å². The van der Waals surface area contributed by atoms with E-state index in [1.807, 2.05) is 6.08 Å². The van der Waals surface area contributed by atoms with Crippen LogP contribution in [0.4, 0.5) is 4.39 Å². The van der Waals surface area contributed by atoms with E-state index >= 15 is 0 Å². The average molecular weight is 447 g/mol. The van der Waals surface area contributed by atoms with E-state index < -0.39 is 23.4 Å². The molecule has 8 nitrogen and oxygen atoms in total. The van der Waals surface area contributed by atoms with Crippen molar-refractivity contribution in [2.45, 2.75) is 38.0 Å². The Hall–Kier alpha value is -3.74. The predicted octanol–water partition coefficient (Wildman–Crippen LogP) is 2.07. The van der Waals surface area contributed by atoms with Gasteiger partial charge in [0.05, 0.1) is 35.5 Å². The highest BCUT2D eigenvalue weighted by atomic mass is 19.1. The van der Waals surface area contributed by atoms with Crippen molar-refractivity contribution < 1.29 is 19.4 Å². The van der Waals surface area contributed by atoms with E-state index in [9.17, 15) is 19.4 Å². The summed E-state index contributed by atoms with van der Waals surface area (Å²) < 4.78 is 18.3. The predicted molar refractivity (Wildman–Crippen MR) is 118 cm³/mol. The number of nitrogens with zero attached hydrogens (tertiary/aromatic N) is 4. The van der Waals surface area contributed by atoms with Crippen molar-refractivity contribution in [1.29, 1.82) is 0 Å². The van der Waals surface area contributed by atoms with Gasteiger partial charge in [0.15, 0.2) is 5.69 Å². The molecule has 4 heterocycles. The van der Waals surface area contributed by atoms with Crippen LogP contribution >= 0.6 is 0 Å². The first-order valence-electron chi connectivity index (χ1n) is 10.4. The van der Waals surface area contributed by atoms with Crippen LogP contribution in [0.3, 0.4) is 0 Å². The standard InChI is InChI=1S/C24H22FN5O3/c1-24(2,33)5-4-12-8-16-15(9-17(12)25)13-6-14(7-13)30-20(19(22(26)32)28-23(16)30)21(31)18-10-27-11-29(18)3/h6,8-11,14,21,31,33H,7H2,1-3H3,(H2,26,32).